The lowest BCUT2D eigenvalue weighted by atomic mass is 10.0. The monoisotopic (exact) mass is 583 g/mol. The molecule has 0 aliphatic heterocycles. The number of ether oxygens (including phenoxy) is 2. The molecule has 0 saturated heterocycles. The molecule has 0 aliphatic carbocycles. The van der Waals surface area contributed by atoms with Crippen LogP contribution in [0.25, 0.3) is 0 Å². The van der Waals surface area contributed by atoms with Crippen LogP contribution < -0.4 is 0 Å². The summed E-state index contributed by atoms with van der Waals surface area (Å²) < 4.78 is 10.6. The first-order valence-electron chi connectivity index (χ1n) is 18.0. The maximum atomic E-state index is 12.1. The van der Waals surface area contributed by atoms with E-state index >= 15 is 0 Å². The number of hydrogen-bond acceptors (Lipinski definition) is 5. The molecule has 0 aromatic rings. The van der Waals surface area contributed by atoms with E-state index in [1.165, 1.54) is 122 Å². The molecule has 244 valence electrons. The molecule has 0 fully saturated rings. The molecule has 0 spiro atoms. The van der Waals surface area contributed by atoms with Gasteiger partial charge in [0.05, 0.1) is 6.61 Å². The van der Waals surface area contributed by atoms with Gasteiger partial charge in [-0.25, -0.2) is 0 Å². The van der Waals surface area contributed by atoms with Crippen molar-refractivity contribution in [2.24, 2.45) is 5.92 Å². The lowest BCUT2D eigenvalue weighted by molar-refractivity contribution is -0.161. The molecular weight excluding hydrogens is 512 g/mol. The number of aliphatic hydroxyl groups is 1. The van der Waals surface area contributed by atoms with Crippen LogP contribution in [0.15, 0.2) is 0 Å². The molecule has 0 rings (SSSR count). The quantitative estimate of drug-likeness (QED) is 0.0631. The summed E-state index contributed by atoms with van der Waals surface area (Å²) in [6.45, 7) is 6.47. The van der Waals surface area contributed by atoms with Crippen molar-refractivity contribution in [3.8, 4) is 0 Å². The van der Waals surface area contributed by atoms with E-state index in [1.54, 1.807) is 0 Å². The SMILES string of the molecule is CCCCCCCCCCCCCCCCCC(=O)O[C@@H](CO)COC(=O)CCCCCCCCCCCC(C)C. The maximum Gasteiger partial charge on any atom is 0.306 e. The minimum atomic E-state index is -0.761. The zero-order chi connectivity index (χ0) is 30.2. The first-order valence-corrected chi connectivity index (χ1v) is 18.0. The van der Waals surface area contributed by atoms with Crippen molar-refractivity contribution in [3.05, 3.63) is 0 Å². The third kappa shape index (κ3) is 31.7. The van der Waals surface area contributed by atoms with Crippen LogP contribution in [0, 0.1) is 5.92 Å². The molecule has 1 atom stereocenters. The van der Waals surface area contributed by atoms with Gasteiger partial charge in [-0.2, -0.15) is 0 Å². The summed E-state index contributed by atoms with van der Waals surface area (Å²) in [5.41, 5.74) is 0. The van der Waals surface area contributed by atoms with Crippen molar-refractivity contribution in [2.75, 3.05) is 13.2 Å². The molecule has 0 saturated carbocycles. The van der Waals surface area contributed by atoms with Crippen LogP contribution in [0.2, 0.25) is 0 Å². The third-order valence-electron chi connectivity index (χ3n) is 8.08. The molecule has 0 aromatic carbocycles. The second kappa shape index (κ2) is 31.8. The van der Waals surface area contributed by atoms with Gasteiger partial charge in [0.2, 0.25) is 0 Å². The predicted molar refractivity (Wildman–Crippen MR) is 173 cm³/mol. The van der Waals surface area contributed by atoms with Crippen molar-refractivity contribution in [1.29, 1.82) is 0 Å². The van der Waals surface area contributed by atoms with Gasteiger partial charge in [0.1, 0.15) is 6.61 Å². The van der Waals surface area contributed by atoms with Gasteiger partial charge in [0.25, 0.3) is 0 Å². The standard InChI is InChI=1S/C36H70O5/c1-4-5-6-7-8-9-10-11-12-13-14-17-21-24-27-30-36(39)41-34(31-37)32-40-35(38)29-26-23-20-18-15-16-19-22-25-28-33(2)3/h33-34,37H,4-32H2,1-3H3/t34-/m0/s1. The Balaban J connectivity index is 3.53. The Labute approximate surface area is 255 Å². The minimum Gasteiger partial charge on any atom is -0.462 e. The lowest BCUT2D eigenvalue weighted by Crippen LogP contribution is -2.28. The van der Waals surface area contributed by atoms with Crippen molar-refractivity contribution in [2.45, 2.75) is 200 Å². The molecule has 0 radical (unpaired) electrons. The van der Waals surface area contributed by atoms with Gasteiger partial charge in [-0.05, 0) is 18.8 Å². The van der Waals surface area contributed by atoms with Crippen LogP contribution in [0.4, 0.5) is 0 Å². The van der Waals surface area contributed by atoms with Crippen molar-refractivity contribution >= 4 is 11.9 Å². The van der Waals surface area contributed by atoms with Gasteiger partial charge in [0, 0.05) is 12.8 Å². The highest BCUT2D eigenvalue weighted by Gasteiger charge is 2.16. The zero-order valence-corrected chi connectivity index (χ0v) is 27.7. The van der Waals surface area contributed by atoms with Gasteiger partial charge in [-0.1, -0.05) is 168 Å². The fourth-order valence-electron chi connectivity index (χ4n) is 5.33. The van der Waals surface area contributed by atoms with Crippen LogP contribution in [0.3, 0.4) is 0 Å². The van der Waals surface area contributed by atoms with Crippen molar-refractivity contribution < 1.29 is 24.2 Å². The van der Waals surface area contributed by atoms with Gasteiger partial charge in [-0.3, -0.25) is 9.59 Å². The Morgan fingerprint density at radius 3 is 1.29 bits per heavy atom. The van der Waals surface area contributed by atoms with Gasteiger partial charge < -0.3 is 14.6 Å². The van der Waals surface area contributed by atoms with Crippen LogP contribution in [0.5, 0.6) is 0 Å². The van der Waals surface area contributed by atoms with Crippen molar-refractivity contribution in [1.82, 2.24) is 0 Å². The summed E-state index contributed by atoms with van der Waals surface area (Å²) >= 11 is 0. The molecule has 0 unspecified atom stereocenters. The Morgan fingerprint density at radius 2 is 0.902 bits per heavy atom. The van der Waals surface area contributed by atoms with Crippen LogP contribution >= 0.6 is 0 Å². The average molecular weight is 583 g/mol. The Kier molecular flexibility index (Phi) is 31.0. The molecule has 0 heterocycles. The topological polar surface area (TPSA) is 72.8 Å². The lowest BCUT2D eigenvalue weighted by Gasteiger charge is -2.15. The fraction of sp³-hybridized carbons (Fsp3) is 0.944. The van der Waals surface area contributed by atoms with E-state index in [1.807, 2.05) is 0 Å². The van der Waals surface area contributed by atoms with E-state index < -0.39 is 6.10 Å². The highest BCUT2D eigenvalue weighted by molar-refractivity contribution is 5.70. The van der Waals surface area contributed by atoms with E-state index in [0.717, 1.165) is 44.4 Å². The number of carbonyl (C=O) groups is 2. The normalized spacial score (nSPS) is 12.1. The number of carbonyl (C=O) groups excluding carboxylic acids is 2. The molecule has 41 heavy (non-hydrogen) atoms. The Morgan fingerprint density at radius 1 is 0.537 bits per heavy atom. The molecule has 0 amide bonds. The fourth-order valence-corrected chi connectivity index (χ4v) is 5.33. The predicted octanol–water partition coefficient (Wildman–Crippen LogP) is 10.6. The summed E-state index contributed by atoms with van der Waals surface area (Å²) in [6, 6.07) is 0. The second-order valence-electron chi connectivity index (χ2n) is 12.8. The number of esters is 2. The van der Waals surface area contributed by atoms with Crippen LogP contribution in [0.1, 0.15) is 194 Å². The third-order valence-corrected chi connectivity index (χ3v) is 8.08. The summed E-state index contributed by atoms with van der Waals surface area (Å²) in [5, 5.41) is 9.51. The molecule has 0 bridgehead atoms. The number of aliphatic hydroxyl groups excluding tert-OH is 1. The summed E-state index contributed by atoms with van der Waals surface area (Å²) in [7, 11) is 0. The molecule has 0 aliphatic rings. The molecule has 1 N–H and O–H groups in total. The van der Waals surface area contributed by atoms with Gasteiger partial charge in [-0.15, -0.1) is 0 Å². The van der Waals surface area contributed by atoms with E-state index in [-0.39, 0.29) is 25.2 Å². The zero-order valence-electron chi connectivity index (χ0n) is 27.7. The Hall–Kier alpha value is -1.10. The maximum absolute atomic E-state index is 12.1. The van der Waals surface area contributed by atoms with Gasteiger partial charge >= 0.3 is 11.9 Å². The van der Waals surface area contributed by atoms with Crippen molar-refractivity contribution in [3.63, 3.8) is 0 Å². The minimum absolute atomic E-state index is 0.0588. The summed E-state index contributed by atoms with van der Waals surface area (Å²) in [4.78, 5) is 24.1. The smallest absolute Gasteiger partial charge is 0.306 e. The first-order chi connectivity index (χ1) is 20.0. The number of rotatable bonds is 32. The highest BCUT2D eigenvalue weighted by atomic mass is 16.6. The molecule has 5 heteroatoms. The van der Waals surface area contributed by atoms with Gasteiger partial charge in [0.15, 0.2) is 6.10 Å². The summed E-state index contributed by atoms with van der Waals surface area (Å²) in [6.07, 6.45) is 31.6. The second-order valence-corrected chi connectivity index (χ2v) is 12.8. The van der Waals surface area contributed by atoms with E-state index in [0.29, 0.717) is 12.8 Å². The summed E-state index contributed by atoms with van der Waals surface area (Å²) in [5.74, 6) is 0.238. The molecule has 0 aromatic heterocycles. The first kappa shape index (κ1) is 39.9. The van der Waals surface area contributed by atoms with Crippen LogP contribution in [-0.4, -0.2) is 36.4 Å². The number of unbranched alkanes of at least 4 members (excludes halogenated alkanes) is 22. The number of hydrogen-bond donors (Lipinski definition) is 1. The van der Waals surface area contributed by atoms with E-state index in [9.17, 15) is 14.7 Å². The molecular formula is C36H70O5. The average Bonchev–Trinajstić information content (AvgIpc) is 2.95. The molecule has 5 nitrogen and oxygen atoms in total. The Bertz CT molecular complexity index is 562. The largest absolute Gasteiger partial charge is 0.462 e. The van der Waals surface area contributed by atoms with Crippen LogP contribution in [-0.2, 0) is 19.1 Å². The van der Waals surface area contributed by atoms with E-state index in [4.69, 9.17) is 9.47 Å². The highest BCUT2D eigenvalue weighted by Crippen LogP contribution is 2.15. The van der Waals surface area contributed by atoms with E-state index in [2.05, 4.69) is 20.8 Å².